The van der Waals surface area contributed by atoms with Crippen molar-refractivity contribution < 1.29 is 4.74 Å². The summed E-state index contributed by atoms with van der Waals surface area (Å²) in [5.74, 6) is 3.34. The molecule has 6 heteroatoms. The summed E-state index contributed by atoms with van der Waals surface area (Å²) in [5.41, 5.74) is 3.11. The summed E-state index contributed by atoms with van der Waals surface area (Å²) in [5, 5.41) is 6.67. The molecule has 0 aliphatic carbocycles. The van der Waals surface area contributed by atoms with Crippen LogP contribution in [-0.4, -0.2) is 24.3 Å². The van der Waals surface area contributed by atoms with Gasteiger partial charge in [0.25, 0.3) is 0 Å². The number of hydrogen-bond donors (Lipinski definition) is 0. The third-order valence-electron chi connectivity index (χ3n) is 5.90. The van der Waals surface area contributed by atoms with Gasteiger partial charge in [0.2, 0.25) is 0 Å². The van der Waals surface area contributed by atoms with E-state index in [1.165, 1.54) is 5.39 Å². The van der Waals surface area contributed by atoms with Gasteiger partial charge < -0.3 is 4.74 Å². The summed E-state index contributed by atoms with van der Waals surface area (Å²) in [6.07, 6.45) is 5.44. The number of rotatable bonds is 5. The van der Waals surface area contributed by atoms with Crippen molar-refractivity contribution >= 4 is 21.8 Å². The molecular weight excluding hydrogens is 422 g/mol. The Hall–Kier alpha value is -4.45. The van der Waals surface area contributed by atoms with E-state index in [-0.39, 0.29) is 5.92 Å². The minimum Gasteiger partial charge on any atom is -0.457 e. The maximum Gasteiger partial charge on any atom is 0.157 e. The predicted molar refractivity (Wildman–Crippen MR) is 134 cm³/mol. The van der Waals surface area contributed by atoms with E-state index in [9.17, 15) is 0 Å². The van der Waals surface area contributed by atoms with E-state index in [1.807, 2.05) is 54.9 Å². The van der Waals surface area contributed by atoms with Gasteiger partial charge in [0.15, 0.2) is 5.82 Å². The number of para-hydroxylation sites is 1. The first kappa shape index (κ1) is 20.2. The highest BCUT2D eigenvalue weighted by Crippen LogP contribution is 2.35. The highest BCUT2D eigenvalue weighted by Gasteiger charge is 2.15. The molecule has 6 aromatic rings. The fourth-order valence-corrected chi connectivity index (χ4v) is 4.27. The van der Waals surface area contributed by atoms with Gasteiger partial charge in [-0.2, -0.15) is 5.10 Å². The Morgan fingerprint density at radius 1 is 0.735 bits per heavy atom. The number of ether oxygens (including phenoxy) is 1. The van der Waals surface area contributed by atoms with Gasteiger partial charge in [-0.05, 0) is 42.3 Å². The molecule has 6 nitrogen and oxygen atoms in total. The number of nitrogens with zero attached hydrogens (tertiary/aromatic N) is 5. The quantitative estimate of drug-likeness (QED) is 0.297. The number of benzene rings is 2. The second-order valence-electron chi connectivity index (χ2n) is 8.51. The van der Waals surface area contributed by atoms with Gasteiger partial charge >= 0.3 is 0 Å². The van der Waals surface area contributed by atoms with Crippen LogP contribution in [0.1, 0.15) is 25.5 Å². The molecule has 0 fully saturated rings. The first-order valence-corrected chi connectivity index (χ1v) is 11.3. The minimum absolute atomic E-state index is 0.257. The van der Waals surface area contributed by atoms with E-state index in [0.29, 0.717) is 0 Å². The lowest BCUT2D eigenvalue weighted by atomic mass is 10.1. The van der Waals surface area contributed by atoms with Gasteiger partial charge in [-0.3, -0.25) is 4.57 Å². The normalized spacial score (nSPS) is 11.5. The second kappa shape index (κ2) is 8.15. The Bertz CT molecular complexity index is 1600. The molecule has 0 bridgehead atoms. The lowest BCUT2D eigenvalue weighted by molar-refractivity contribution is 0.480. The zero-order valence-corrected chi connectivity index (χ0v) is 19.0. The van der Waals surface area contributed by atoms with Crippen LogP contribution in [0.4, 0.5) is 0 Å². The summed E-state index contributed by atoms with van der Waals surface area (Å²) in [4.78, 5) is 9.37. The van der Waals surface area contributed by atoms with Gasteiger partial charge in [0.05, 0.1) is 11.0 Å². The lowest BCUT2D eigenvalue weighted by Gasteiger charge is -2.13. The van der Waals surface area contributed by atoms with Crippen LogP contribution in [0, 0.1) is 0 Å². The molecule has 4 aromatic heterocycles. The monoisotopic (exact) mass is 445 g/mol. The maximum atomic E-state index is 6.39. The second-order valence-corrected chi connectivity index (χ2v) is 8.51. The Labute approximate surface area is 197 Å². The Balaban J connectivity index is 1.49. The van der Waals surface area contributed by atoms with Crippen molar-refractivity contribution in [1.82, 2.24) is 24.3 Å². The molecule has 0 saturated carbocycles. The Kier molecular flexibility index (Phi) is 4.84. The van der Waals surface area contributed by atoms with E-state index in [4.69, 9.17) is 9.72 Å². The molecule has 4 heterocycles. The molecule has 0 spiro atoms. The van der Waals surface area contributed by atoms with Gasteiger partial charge in [-0.15, -0.1) is 0 Å². The number of fused-ring (bicyclic) bond motifs is 3. The van der Waals surface area contributed by atoms with E-state index >= 15 is 0 Å². The third-order valence-corrected chi connectivity index (χ3v) is 5.90. The molecule has 0 radical (unpaired) electrons. The fourth-order valence-electron chi connectivity index (χ4n) is 4.27. The van der Waals surface area contributed by atoms with Crippen LogP contribution in [0.2, 0.25) is 0 Å². The molecule has 0 atom stereocenters. The number of hydrogen-bond acceptors (Lipinski definition) is 4. The van der Waals surface area contributed by atoms with Crippen molar-refractivity contribution in [2.24, 2.45) is 0 Å². The van der Waals surface area contributed by atoms with Crippen molar-refractivity contribution in [3.8, 4) is 23.1 Å². The molecule has 6 rings (SSSR count). The van der Waals surface area contributed by atoms with E-state index in [2.05, 4.69) is 64.9 Å². The zero-order chi connectivity index (χ0) is 23.1. The first-order chi connectivity index (χ1) is 16.7. The Morgan fingerprint density at radius 3 is 2.38 bits per heavy atom. The standard InChI is InChI=1S/C28H23N5O/c1-19(2)24-16-21(18-28(31-24)32-15-7-14-30-32)34-20-11-12-23-22-8-3-4-9-25(22)33(26(23)17-20)27-10-5-6-13-29-27/h3-19H,1-2H3. The summed E-state index contributed by atoms with van der Waals surface area (Å²) in [7, 11) is 0. The van der Waals surface area contributed by atoms with Crippen LogP contribution >= 0.6 is 0 Å². The highest BCUT2D eigenvalue weighted by molar-refractivity contribution is 6.09. The van der Waals surface area contributed by atoms with Crippen molar-refractivity contribution in [2.45, 2.75) is 19.8 Å². The van der Waals surface area contributed by atoms with E-state index in [1.54, 1.807) is 10.9 Å². The van der Waals surface area contributed by atoms with Crippen LogP contribution < -0.4 is 4.74 Å². The third kappa shape index (κ3) is 3.49. The maximum absolute atomic E-state index is 6.39. The first-order valence-electron chi connectivity index (χ1n) is 11.3. The SMILES string of the molecule is CC(C)c1cc(Oc2ccc3c4ccccc4n(-c4ccccn4)c3c2)cc(-n2cccn2)n1. The van der Waals surface area contributed by atoms with Crippen LogP contribution in [0.5, 0.6) is 11.5 Å². The molecule has 0 aliphatic heterocycles. The summed E-state index contributed by atoms with van der Waals surface area (Å²) < 4.78 is 10.3. The van der Waals surface area contributed by atoms with Gasteiger partial charge in [0, 0.05) is 53.3 Å². The van der Waals surface area contributed by atoms with Crippen LogP contribution in [0.15, 0.2) is 97.5 Å². The van der Waals surface area contributed by atoms with Crippen molar-refractivity contribution in [2.75, 3.05) is 0 Å². The zero-order valence-electron chi connectivity index (χ0n) is 19.0. The van der Waals surface area contributed by atoms with Gasteiger partial charge in [-0.1, -0.05) is 38.1 Å². The minimum atomic E-state index is 0.257. The smallest absolute Gasteiger partial charge is 0.157 e. The largest absolute Gasteiger partial charge is 0.457 e. The fraction of sp³-hybridized carbons (Fsp3) is 0.107. The average molecular weight is 446 g/mol. The van der Waals surface area contributed by atoms with Crippen molar-refractivity contribution in [1.29, 1.82) is 0 Å². The van der Waals surface area contributed by atoms with E-state index in [0.717, 1.165) is 45.2 Å². The lowest BCUT2D eigenvalue weighted by Crippen LogP contribution is -2.03. The summed E-state index contributed by atoms with van der Waals surface area (Å²) >= 11 is 0. The predicted octanol–water partition coefficient (Wildman–Crippen LogP) is 6.68. The van der Waals surface area contributed by atoms with Gasteiger partial charge in [0.1, 0.15) is 17.3 Å². The molecule has 0 saturated heterocycles. The molecule has 34 heavy (non-hydrogen) atoms. The average Bonchev–Trinajstić information content (AvgIpc) is 3.51. The molecular formula is C28H23N5O. The molecule has 0 N–H and O–H groups in total. The Morgan fingerprint density at radius 2 is 1.59 bits per heavy atom. The number of pyridine rings is 2. The summed E-state index contributed by atoms with van der Waals surface area (Å²) in [6.45, 7) is 4.24. The van der Waals surface area contributed by atoms with Crippen LogP contribution in [0.3, 0.4) is 0 Å². The topological polar surface area (TPSA) is 57.8 Å². The molecule has 2 aromatic carbocycles. The molecule has 0 amide bonds. The van der Waals surface area contributed by atoms with Gasteiger partial charge in [-0.25, -0.2) is 14.6 Å². The van der Waals surface area contributed by atoms with Crippen molar-refractivity contribution in [3.63, 3.8) is 0 Å². The number of aromatic nitrogens is 5. The highest BCUT2D eigenvalue weighted by atomic mass is 16.5. The van der Waals surface area contributed by atoms with Crippen LogP contribution in [0.25, 0.3) is 33.4 Å². The van der Waals surface area contributed by atoms with E-state index < -0.39 is 0 Å². The van der Waals surface area contributed by atoms with Crippen molar-refractivity contribution in [3.05, 3.63) is 103 Å². The van der Waals surface area contributed by atoms with Crippen LogP contribution in [-0.2, 0) is 0 Å². The summed E-state index contributed by atoms with van der Waals surface area (Å²) in [6, 6.07) is 26.3. The molecule has 0 aliphatic rings. The molecule has 0 unspecified atom stereocenters. The molecule has 166 valence electrons.